The van der Waals surface area contributed by atoms with Crippen molar-refractivity contribution < 1.29 is 4.39 Å². The van der Waals surface area contributed by atoms with E-state index in [2.05, 4.69) is 20.1 Å². The van der Waals surface area contributed by atoms with Gasteiger partial charge in [-0.25, -0.2) is 9.37 Å². The molecule has 1 N–H and O–H groups in total. The van der Waals surface area contributed by atoms with E-state index in [1.807, 2.05) is 6.92 Å². The van der Waals surface area contributed by atoms with Gasteiger partial charge in [-0.2, -0.15) is 0 Å². The van der Waals surface area contributed by atoms with Gasteiger partial charge in [0.2, 0.25) is 0 Å². The van der Waals surface area contributed by atoms with Crippen LogP contribution in [0.5, 0.6) is 0 Å². The first-order chi connectivity index (χ1) is 11.1. The summed E-state index contributed by atoms with van der Waals surface area (Å²) in [6.07, 6.45) is 4.75. The predicted molar refractivity (Wildman–Crippen MR) is 94.1 cm³/mol. The quantitative estimate of drug-likeness (QED) is 0.674. The van der Waals surface area contributed by atoms with Crippen LogP contribution < -0.4 is 5.32 Å². The summed E-state index contributed by atoms with van der Waals surface area (Å²) in [5.41, 5.74) is 2.08. The first kappa shape index (κ1) is 15.0. The molecule has 120 valence electrons. The molecule has 0 spiro atoms. The van der Waals surface area contributed by atoms with Crippen LogP contribution in [0.3, 0.4) is 0 Å². The summed E-state index contributed by atoms with van der Waals surface area (Å²) in [5, 5.41) is 6.05. The molecule has 6 heteroatoms. The standard InChI is InChI=1S/C17H17ClFN3S/c1-10-9-23-17-21-15(14-12(18)7-4-8-13(14)19)16(22(10)17)20-11-5-2-3-6-11/h4,7-9,11,20H,2-3,5-6H2,1H3. The number of fused-ring (bicyclic) bond motifs is 1. The molecule has 2 heterocycles. The number of aryl methyl sites for hydroxylation is 1. The van der Waals surface area contributed by atoms with Crippen molar-refractivity contribution in [1.29, 1.82) is 0 Å². The second-order valence-corrected chi connectivity index (χ2v) is 7.27. The molecule has 0 amide bonds. The van der Waals surface area contributed by atoms with Crippen LogP contribution in [0.15, 0.2) is 23.6 Å². The smallest absolute Gasteiger partial charge is 0.196 e. The molecule has 3 nitrogen and oxygen atoms in total. The van der Waals surface area contributed by atoms with E-state index >= 15 is 0 Å². The average molecular weight is 350 g/mol. The van der Waals surface area contributed by atoms with E-state index in [1.54, 1.807) is 23.5 Å². The molecule has 0 saturated heterocycles. The first-order valence-corrected chi connectivity index (χ1v) is 9.08. The van der Waals surface area contributed by atoms with Gasteiger partial charge in [0.05, 0.1) is 10.6 Å². The predicted octanol–water partition coefficient (Wildman–Crippen LogP) is 5.52. The summed E-state index contributed by atoms with van der Waals surface area (Å²) < 4.78 is 16.5. The summed E-state index contributed by atoms with van der Waals surface area (Å²) >= 11 is 7.83. The third kappa shape index (κ3) is 2.52. The zero-order valence-electron chi connectivity index (χ0n) is 12.8. The van der Waals surface area contributed by atoms with Crippen molar-refractivity contribution in [1.82, 2.24) is 9.38 Å². The summed E-state index contributed by atoms with van der Waals surface area (Å²) in [5.74, 6) is 0.521. The number of nitrogens with one attached hydrogen (secondary N) is 1. The molecule has 2 aromatic heterocycles. The van der Waals surface area contributed by atoms with Gasteiger partial charge < -0.3 is 5.32 Å². The Balaban J connectivity index is 1.91. The van der Waals surface area contributed by atoms with Crippen molar-refractivity contribution >= 4 is 33.7 Å². The van der Waals surface area contributed by atoms with Crippen molar-refractivity contribution in [3.63, 3.8) is 0 Å². The molecule has 1 fully saturated rings. The van der Waals surface area contributed by atoms with Crippen molar-refractivity contribution in [2.75, 3.05) is 5.32 Å². The van der Waals surface area contributed by atoms with E-state index < -0.39 is 0 Å². The Hall–Kier alpha value is -1.59. The molecule has 0 bridgehead atoms. The van der Waals surface area contributed by atoms with Crippen LogP contribution in [-0.2, 0) is 0 Å². The zero-order chi connectivity index (χ0) is 16.0. The number of hydrogen-bond donors (Lipinski definition) is 1. The lowest BCUT2D eigenvalue weighted by atomic mass is 10.1. The van der Waals surface area contributed by atoms with E-state index in [-0.39, 0.29) is 5.82 Å². The molecule has 0 radical (unpaired) electrons. The van der Waals surface area contributed by atoms with Crippen LogP contribution in [0, 0.1) is 12.7 Å². The topological polar surface area (TPSA) is 29.3 Å². The Bertz CT molecular complexity index is 844. The molecule has 0 aliphatic heterocycles. The molecule has 0 unspecified atom stereocenters. The van der Waals surface area contributed by atoms with Crippen LogP contribution in [0.1, 0.15) is 31.4 Å². The van der Waals surface area contributed by atoms with Gasteiger partial charge in [-0.1, -0.05) is 30.5 Å². The lowest BCUT2D eigenvalue weighted by molar-refractivity contribution is 0.631. The van der Waals surface area contributed by atoms with Crippen LogP contribution in [0.4, 0.5) is 10.2 Å². The molecule has 4 rings (SSSR count). The van der Waals surface area contributed by atoms with Gasteiger partial charge in [0.1, 0.15) is 17.3 Å². The Morgan fingerprint density at radius 1 is 1.35 bits per heavy atom. The van der Waals surface area contributed by atoms with E-state index in [0.29, 0.717) is 22.3 Å². The van der Waals surface area contributed by atoms with Gasteiger partial charge in [-0.15, -0.1) is 11.3 Å². The summed E-state index contributed by atoms with van der Waals surface area (Å²) in [7, 11) is 0. The lowest BCUT2D eigenvalue weighted by Gasteiger charge is -2.15. The maximum atomic E-state index is 14.4. The molecule has 1 saturated carbocycles. The number of imidazole rings is 1. The second kappa shape index (κ2) is 5.80. The Morgan fingerprint density at radius 2 is 2.13 bits per heavy atom. The fourth-order valence-electron chi connectivity index (χ4n) is 3.29. The van der Waals surface area contributed by atoms with E-state index in [9.17, 15) is 4.39 Å². The molecular formula is C17H17ClFN3S. The second-order valence-electron chi connectivity index (χ2n) is 6.03. The average Bonchev–Trinajstić information content (AvgIpc) is 3.21. The molecule has 0 atom stereocenters. The third-order valence-corrected chi connectivity index (χ3v) is 5.69. The highest BCUT2D eigenvalue weighted by molar-refractivity contribution is 7.15. The highest BCUT2D eigenvalue weighted by atomic mass is 35.5. The largest absolute Gasteiger partial charge is 0.367 e. The van der Waals surface area contributed by atoms with Gasteiger partial charge in [0, 0.05) is 17.1 Å². The van der Waals surface area contributed by atoms with Crippen LogP contribution in [0.2, 0.25) is 5.02 Å². The number of thiazole rings is 1. The van der Waals surface area contributed by atoms with Crippen LogP contribution in [-0.4, -0.2) is 15.4 Å². The van der Waals surface area contributed by atoms with E-state index in [1.165, 1.54) is 18.9 Å². The van der Waals surface area contributed by atoms with Crippen molar-refractivity contribution in [3.8, 4) is 11.3 Å². The van der Waals surface area contributed by atoms with Gasteiger partial charge in [-0.05, 0) is 31.9 Å². The van der Waals surface area contributed by atoms with E-state index in [0.717, 1.165) is 29.3 Å². The lowest BCUT2D eigenvalue weighted by Crippen LogP contribution is -2.16. The number of halogens is 2. The molecule has 1 aromatic carbocycles. The summed E-state index contributed by atoms with van der Waals surface area (Å²) in [6.45, 7) is 2.04. The minimum atomic E-state index is -0.338. The van der Waals surface area contributed by atoms with Crippen molar-refractivity contribution in [2.24, 2.45) is 0 Å². The van der Waals surface area contributed by atoms with Crippen molar-refractivity contribution in [2.45, 2.75) is 38.6 Å². The molecule has 23 heavy (non-hydrogen) atoms. The number of benzene rings is 1. The Kier molecular flexibility index (Phi) is 3.77. The number of hydrogen-bond acceptors (Lipinski definition) is 3. The normalized spacial score (nSPS) is 15.6. The monoisotopic (exact) mass is 349 g/mol. The number of anilines is 1. The number of rotatable bonds is 3. The molecule has 1 aliphatic rings. The van der Waals surface area contributed by atoms with Gasteiger partial charge in [0.25, 0.3) is 0 Å². The van der Waals surface area contributed by atoms with Crippen molar-refractivity contribution in [3.05, 3.63) is 40.1 Å². The number of aromatic nitrogens is 2. The highest BCUT2D eigenvalue weighted by Gasteiger charge is 2.24. The zero-order valence-corrected chi connectivity index (χ0v) is 14.3. The molecule has 1 aliphatic carbocycles. The van der Waals surface area contributed by atoms with Gasteiger partial charge in [-0.3, -0.25) is 4.40 Å². The van der Waals surface area contributed by atoms with Gasteiger partial charge >= 0.3 is 0 Å². The fourth-order valence-corrected chi connectivity index (χ4v) is 4.41. The fraction of sp³-hybridized carbons (Fsp3) is 0.353. The number of nitrogens with zero attached hydrogens (tertiary/aromatic N) is 2. The maximum absolute atomic E-state index is 14.4. The van der Waals surface area contributed by atoms with E-state index in [4.69, 9.17) is 11.6 Å². The summed E-state index contributed by atoms with van der Waals surface area (Å²) in [6, 6.07) is 5.17. The SMILES string of the molecule is Cc1csc2nc(-c3c(F)cccc3Cl)c(NC3CCCC3)n12. The van der Waals surface area contributed by atoms with Crippen LogP contribution in [0.25, 0.3) is 16.2 Å². The third-order valence-electron chi connectivity index (χ3n) is 4.43. The first-order valence-electron chi connectivity index (χ1n) is 7.82. The summed E-state index contributed by atoms with van der Waals surface area (Å²) in [4.78, 5) is 5.52. The minimum absolute atomic E-state index is 0.338. The Morgan fingerprint density at radius 3 is 2.87 bits per heavy atom. The molecule has 3 aromatic rings. The highest BCUT2D eigenvalue weighted by Crippen LogP contribution is 2.38. The molecular weight excluding hydrogens is 333 g/mol. The maximum Gasteiger partial charge on any atom is 0.196 e. The van der Waals surface area contributed by atoms with Crippen LogP contribution >= 0.6 is 22.9 Å². The Labute approximate surface area is 143 Å². The van der Waals surface area contributed by atoms with Gasteiger partial charge in [0.15, 0.2) is 4.96 Å². The minimum Gasteiger partial charge on any atom is -0.367 e.